The maximum atomic E-state index is 11.8. The topological polar surface area (TPSA) is 41.1 Å². The van der Waals surface area contributed by atoms with Crippen LogP contribution in [0.3, 0.4) is 0 Å². The van der Waals surface area contributed by atoms with Crippen molar-refractivity contribution in [3.8, 4) is 0 Å². The maximum Gasteiger partial charge on any atom is 0.220 e. The predicted octanol–water partition coefficient (Wildman–Crippen LogP) is 2.70. The highest BCUT2D eigenvalue weighted by Gasteiger charge is 2.14. The molecular weight excluding hydrogens is 312 g/mol. The molecule has 1 aliphatic heterocycles. The van der Waals surface area contributed by atoms with E-state index >= 15 is 0 Å². The van der Waals surface area contributed by atoms with Crippen LogP contribution in [0.1, 0.15) is 30.6 Å². The SMILES string of the molecule is O=C(CCCc1ccc(Br)s1)NC1CCCNC1. The first-order chi connectivity index (χ1) is 8.74. The van der Waals surface area contributed by atoms with Gasteiger partial charge in [-0.15, -0.1) is 11.3 Å². The highest BCUT2D eigenvalue weighted by Crippen LogP contribution is 2.23. The number of rotatable bonds is 5. The molecule has 1 fully saturated rings. The number of hydrogen-bond donors (Lipinski definition) is 2. The lowest BCUT2D eigenvalue weighted by molar-refractivity contribution is -0.122. The van der Waals surface area contributed by atoms with Crippen LogP contribution >= 0.6 is 27.3 Å². The van der Waals surface area contributed by atoms with E-state index in [1.165, 1.54) is 4.88 Å². The molecule has 0 aliphatic carbocycles. The highest BCUT2D eigenvalue weighted by atomic mass is 79.9. The van der Waals surface area contributed by atoms with E-state index in [4.69, 9.17) is 0 Å². The molecule has 1 amide bonds. The second-order valence-corrected chi connectivity index (χ2v) is 7.22. The summed E-state index contributed by atoms with van der Waals surface area (Å²) in [5.41, 5.74) is 0. The zero-order chi connectivity index (χ0) is 12.8. The second-order valence-electron chi connectivity index (χ2n) is 4.67. The van der Waals surface area contributed by atoms with Crippen molar-refractivity contribution in [2.45, 2.75) is 38.1 Å². The quantitative estimate of drug-likeness (QED) is 0.871. The number of hydrogen-bond acceptors (Lipinski definition) is 3. The number of aryl methyl sites for hydroxylation is 1. The van der Waals surface area contributed by atoms with Crippen molar-refractivity contribution in [3.05, 3.63) is 20.8 Å². The Morgan fingerprint density at radius 1 is 1.56 bits per heavy atom. The molecule has 0 saturated carbocycles. The summed E-state index contributed by atoms with van der Waals surface area (Å²) in [7, 11) is 0. The summed E-state index contributed by atoms with van der Waals surface area (Å²) in [6.45, 7) is 2.00. The van der Waals surface area contributed by atoms with Gasteiger partial charge in [0.1, 0.15) is 0 Å². The second kappa shape index (κ2) is 7.26. The summed E-state index contributed by atoms with van der Waals surface area (Å²) in [5.74, 6) is 0.194. The Kier molecular flexibility index (Phi) is 5.66. The Balaban J connectivity index is 1.62. The molecule has 1 aromatic heterocycles. The molecule has 0 spiro atoms. The van der Waals surface area contributed by atoms with Crippen LogP contribution in [0.25, 0.3) is 0 Å². The van der Waals surface area contributed by atoms with E-state index < -0.39 is 0 Å². The zero-order valence-corrected chi connectivity index (χ0v) is 12.8. The maximum absolute atomic E-state index is 11.8. The zero-order valence-electron chi connectivity index (χ0n) is 10.4. The summed E-state index contributed by atoms with van der Waals surface area (Å²) in [5, 5.41) is 6.41. The van der Waals surface area contributed by atoms with Gasteiger partial charge < -0.3 is 10.6 Å². The summed E-state index contributed by atoms with van der Waals surface area (Å²) in [4.78, 5) is 13.1. The van der Waals surface area contributed by atoms with Gasteiger partial charge in [0.2, 0.25) is 5.91 Å². The third kappa shape index (κ3) is 4.71. The van der Waals surface area contributed by atoms with E-state index in [2.05, 4.69) is 38.7 Å². The van der Waals surface area contributed by atoms with E-state index in [0.717, 1.165) is 42.6 Å². The smallest absolute Gasteiger partial charge is 0.220 e. The van der Waals surface area contributed by atoms with Gasteiger partial charge in [0, 0.05) is 23.9 Å². The Bertz CT molecular complexity index is 388. The fraction of sp³-hybridized carbons (Fsp3) is 0.615. The normalized spacial score (nSPS) is 19.7. The molecule has 0 aromatic carbocycles. The fourth-order valence-corrected chi connectivity index (χ4v) is 3.71. The van der Waals surface area contributed by atoms with Crippen LogP contribution in [-0.2, 0) is 11.2 Å². The largest absolute Gasteiger partial charge is 0.352 e. The van der Waals surface area contributed by atoms with Gasteiger partial charge in [-0.25, -0.2) is 0 Å². The van der Waals surface area contributed by atoms with Crippen molar-refractivity contribution in [1.29, 1.82) is 0 Å². The monoisotopic (exact) mass is 330 g/mol. The van der Waals surface area contributed by atoms with E-state index in [9.17, 15) is 4.79 Å². The predicted molar refractivity (Wildman–Crippen MR) is 79.0 cm³/mol. The Hall–Kier alpha value is -0.390. The van der Waals surface area contributed by atoms with Gasteiger partial charge in [-0.05, 0) is 60.3 Å². The number of carbonyl (C=O) groups excluding carboxylic acids is 1. The standard InChI is InChI=1S/C13H19BrN2OS/c14-12-7-6-11(18-12)4-1-5-13(17)16-10-3-2-8-15-9-10/h6-7,10,15H,1-5,8-9H2,(H,16,17). The van der Waals surface area contributed by atoms with E-state index in [0.29, 0.717) is 12.5 Å². The molecule has 100 valence electrons. The molecule has 0 radical (unpaired) electrons. The molecule has 1 atom stereocenters. The van der Waals surface area contributed by atoms with Gasteiger partial charge >= 0.3 is 0 Å². The fourth-order valence-electron chi connectivity index (χ4n) is 2.18. The molecular formula is C13H19BrN2OS. The Labute approximate surface area is 120 Å². The molecule has 2 N–H and O–H groups in total. The van der Waals surface area contributed by atoms with Crippen molar-refractivity contribution >= 4 is 33.2 Å². The minimum Gasteiger partial charge on any atom is -0.352 e. The minimum absolute atomic E-state index is 0.194. The third-order valence-corrected chi connectivity index (χ3v) is 4.80. The Morgan fingerprint density at radius 2 is 2.44 bits per heavy atom. The molecule has 1 aromatic rings. The number of piperidine rings is 1. The van der Waals surface area contributed by atoms with Crippen molar-refractivity contribution in [2.24, 2.45) is 0 Å². The molecule has 2 heterocycles. The van der Waals surface area contributed by atoms with Crippen molar-refractivity contribution in [1.82, 2.24) is 10.6 Å². The lowest BCUT2D eigenvalue weighted by atomic mass is 10.1. The number of amides is 1. The van der Waals surface area contributed by atoms with Gasteiger partial charge in [-0.1, -0.05) is 0 Å². The van der Waals surface area contributed by atoms with Gasteiger partial charge in [-0.2, -0.15) is 0 Å². The number of nitrogens with one attached hydrogen (secondary N) is 2. The third-order valence-electron chi connectivity index (χ3n) is 3.12. The first kappa shape index (κ1) is 14.0. The van der Waals surface area contributed by atoms with Crippen LogP contribution in [0, 0.1) is 0 Å². The number of carbonyl (C=O) groups is 1. The number of halogens is 1. The van der Waals surface area contributed by atoms with E-state index in [1.54, 1.807) is 11.3 Å². The van der Waals surface area contributed by atoms with Crippen LogP contribution in [0.5, 0.6) is 0 Å². The summed E-state index contributed by atoms with van der Waals surface area (Å²) < 4.78 is 1.16. The van der Waals surface area contributed by atoms with Crippen LogP contribution < -0.4 is 10.6 Å². The summed E-state index contributed by atoms with van der Waals surface area (Å²) in [6, 6.07) is 4.52. The van der Waals surface area contributed by atoms with Gasteiger partial charge in [0.25, 0.3) is 0 Å². The molecule has 3 nitrogen and oxygen atoms in total. The van der Waals surface area contributed by atoms with Crippen LogP contribution in [-0.4, -0.2) is 25.0 Å². The minimum atomic E-state index is 0.194. The number of thiophene rings is 1. The van der Waals surface area contributed by atoms with Crippen molar-refractivity contribution in [3.63, 3.8) is 0 Å². The van der Waals surface area contributed by atoms with Gasteiger partial charge in [-0.3, -0.25) is 4.79 Å². The first-order valence-corrected chi connectivity index (χ1v) is 8.09. The first-order valence-electron chi connectivity index (χ1n) is 6.48. The summed E-state index contributed by atoms with van der Waals surface area (Å²) in [6.07, 6.45) is 4.82. The van der Waals surface area contributed by atoms with E-state index in [1.807, 2.05) is 0 Å². The highest BCUT2D eigenvalue weighted by molar-refractivity contribution is 9.11. The Morgan fingerprint density at radius 3 is 3.11 bits per heavy atom. The van der Waals surface area contributed by atoms with Crippen molar-refractivity contribution in [2.75, 3.05) is 13.1 Å². The molecule has 0 bridgehead atoms. The molecule has 1 aliphatic rings. The molecule has 2 rings (SSSR count). The van der Waals surface area contributed by atoms with Gasteiger partial charge in [0.15, 0.2) is 0 Å². The molecule has 5 heteroatoms. The average Bonchev–Trinajstić information content (AvgIpc) is 2.76. The van der Waals surface area contributed by atoms with Crippen LogP contribution in [0.2, 0.25) is 0 Å². The average molecular weight is 331 g/mol. The van der Waals surface area contributed by atoms with Crippen LogP contribution in [0.15, 0.2) is 15.9 Å². The lowest BCUT2D eigenvalue weighted by Gasteiger charge is -2.23. The van der Waals surface area contributed by atoms with Crippen LogP contribution in [0.4, 0.5) is 0 Å². The van der Waals surface area contributed by atoms with E-state index in [-0.39, 0.29) is 5.91 Å². The molecule has 1 unspecified atom stereocenters. The molecule has 1 saturated heterocycles. The molecule has 18 heavy (non-hydrogen) atoms. The lowest BCUT2D eigenvalue weighted by Crippen LogP contribution is -2.45. The van der Waals surface area contributed by atoms with Crippen molar-refractivity contribution < 1.29 is 4.79 Å². The van der Waals surface area contributed by atoms with Gasteiger partial charge in [0.05, 0.1) is 3.79 Å². The summed E-state index contributed by atoms with van der Waals surface area (Å²) >= 11 is 5.20.